The second-order valence-corrected chi connectivity index (χ2v) is 5.34. The highest BCUT2D eigenvalue weighted by atomic mass is 16.5. The van der Waals surface area contributed by atoms with Gasteiger partial charge in [-0.2, -0.15) is 0 Å². The molecule has 0 saturated carbocycles. The lowest BCUT2D eigenvalue weighted by Gasteiger charge is -2.35. The fourth-order valence-electron chi connectivity index (χ4n) is 3.20. The molecule has 104 valence electrons. The van der Waals surface area contributed by atoms with Crippen LogP contribution in [0.2, 0.25) is 0 Å². The molecule has 2 unspecified atom stereocenters. The second-order valence-electron chi connectivity index (χ2n) is 5.34. The van der Waals surface area contributed by atoms with Crippen LogP contribution in [0.25, 0.3) is 0 Å². The molecule has 0 bridgehead atoms. The standard InChI is InChI=1S/C13H20N4O2/c1-19-13(18)16-6-4-10(11(14)8-16)12-15-7-9-3-2-5-17(9)12/h7,10-11H,2-6,8,14H2,1H3. The number of carbonyl (C=O) groups is 1. The van der Waals surface area contributed by atoms with E-state index in [1.54, 1.807) is 4.90 Å². The van der Waals surface area contributed by atoms with Gasteiger partial charge in [-0.15, -0.1) is 0 Å². The lowest BCUT2D eigenvalue weighted by Crippen LogP contribution is -2.50. The third kappa shape index (κ3) is 2.10. The molecule has 0 aliphatic carbocycles. The summed E-state index contributed by atoms with van der Waals surface area (Å²) >= 11 is 0. The summed E-state index contributed by atoms with van der Waals surface area (Å²) in [7, 11) is 1.40. The van der Waals surface area contributed by atoms with E-state index in [2.05, 4.69) is 9.55 Å². The van der Waals surface area contributed by atoms with Crippen molar-refractivity contribution in [1.82, 2.24) is 14.5 Å². The zero-order chi connectivity index (χ0) is 13.4. The summed E-state index contributed by atoms with van der Waals surface area (Å²) in [5.74, 6) is 1.34. The summed E-state index contributed by atoms with van der Waals surface area (Å²) in [5, 5.41) is 0. The van der Waals surface area contributed by atoms with E-state index in [1.165, 1.54) is 19.2 Å². The van der Waals surface area contributed by atoms with E-state index in [4.69, 9.17) is 10.5 Å². The van der Waals surface area contributed by atoms with Crippen molar-refractivity contribution in [2.75, 3.05) is 20.2 Å². The number of amides is 1. The number of hydrogen-bond donors (Lipinski definition) is 1. The van der Waals surface area contributed by atoms with Crippen molar-refractivity contribution in [3.8, 4) is 0 Å². The normalized spacial score (nSPS) is 26.3. The average molecular weight is 264 g/mol. The SMILES string of the molecule is COC(=O)N1CCC(c2ncc3n2CCC3)C(N)C1. The van der Waals surface area contributed by atoms with Gasteiger partial charge < -0.3 is 19.9 Å². The summed E-state index contributed by atoms with van der Waals surface area (Å²) in [5.41, 5.74) is 7.56. The maximum atomic E-state index is 11.5. The molecule has 2 atom stereocenters. The Labute approximate surface area is 112 Å². The van der Waals surface area contributed by atoms with Gasteiger partial charge in [0.05, 0.1) is 7.11 Å². The van der Waals surface area contributed by atoms with Crippen molar-refractivity contribution in [2.45, 2.75) is 37.8 Å². The Balaban J connectivity index is 1.75. The fraction of sp³-hybridized carbons (Fsp3) is 0.692. The predicted octanol–water partition coefficient (Wildman–Crippen LogP) is 0.712. The number of aromatic nitrogens is 2. The number of likely N-dealkylation sites (tertiary alicyclic amines) is 1. The monoisotopic (exact) mass is 264 g/mol. The lowest BCUT2D eigenvalue weighted by molar-refractivity contribution is 0.106. The Morgan fingerprint density at radius 1 is 1.53 bits per heavy atom. The minimum Gasteiger partial charge on any atom is -0.453 e. The number of nitrogens with zero attached hydrogens (tertiary/aromatic N) is 3. The number of hydrogen-bond acceptors (Lipinski definition) is 4. The minimum atomic E-state index is -0.290. The van der Waals surface area contributed by atoms with Crippen molar-refractivity contribution in [3.05, 3.63) is 17.7 Å². The van der Waals surface area contributed by atoms with Crippen molar-refractivity contribution in [3.63, 3.8) is 0 Å². The number of carbonyl (C=O) groups excluding carboxylic acids is 1. The van der Waals surface area contributed by atoms with E-state index in [9.17, 15) is 4.79 Å². The predicted molar refractivity (Wildman–Crippen MR) is 69.9 cm³/mol. The number of fused-ring (bicyclic) bond motifs is 1. The summed E-state index contributed by atoms with van der Waals surface area (Å²) < 4.78 is 7.05. The van der Waals surface area contributed by atoms with Gasteiger partial charge in [0.15, 0.2) is 0 Å². The topological polar surface area (TPSA) is 73.4 Å². The third-order valence-corrected chi connectivity index (χ3v) is 4.21. The Bertz CT molecular complexity index is 485. The minimum absolute atomic E-state index is 0.0695. The van der Waals surface area contributed by atoms with Gasteiger partial charge in [-0.05, 0) is 19.3 Å². The molecule has 2 aliphatic rings. The van der Waals surface area contributed by atoms with Gasteiger partial charge in [-0.3, -0.25) is 0 Å². The summed E-state index contributed by atoms with van der Waals surface area (Å²) in [6.45, 7) is 2.28. The number of aryl methyl sites for hydroxylation is 1. The van der Waals surface area contributed by atoms with Crippen molar-refractivity contribution >= 4 is 6.09 Å². The number of imidazole rings is 1. The van der Waals surface area contributed by atoms with Crippen LogP contribution in [-0.2, 0) is 17.7 Å². The summed E-state index contributed by atoms with van der Waals surface area (Å²) in [6, 6.07) is -0.0695. The highest BCUT2D eigenvalue weighted by Gasteiger charge is 2.34. The van der Waals surface area contributed by atoms with E-state index >= 15 is 0 Å². The van der Waals surface area contributed by atoms with Gasteiger partial charge in [0, 0.05) is 43.5 Å². The van der Waals surface area contributed by atoms with Gasteiger partial charge in [0.1, 0.15) is 5.82 Å². The molecule has 1 aromatic rings. The number of piperidine rings is 1. The average Bonchev–Trinajstić information content (AvgIpc) is 3.01. The lowest BCUT2D eigenvalue weighted by atomic mass is 9.91. The van der Waals surface area contributed by atoms with Gasteiger partial charge in [0.25, 0.3) is 0 Å². The zero-order valence-electron chi connectivity index (χ0n) is 11.2. The molecule has 19 heavy (non-hydrogen) atoms. The molecule has 1 fully saturated rings. The molecule has 0 radical (unpaired) electrons. The Kier molecular flexibility index (Phi) is 3.18. The highest BCUT2D eigenvalue weighted by Crippen LogP contribution is 2.29. The molecule has 3 rings (SSSR count). The molecule has 0 aromatic carbocycles. The highest BCUT2D eigenvalue weighted by molar-refractivity contribution is 5.67. The molecule has 3 heterocycles. The molecule has 1 aromatic heterocycles. The number of nitrogens with two attached hydrogens (primary N) is 1. The van der Waals surface area contributed by atoms with Crippen molar-refractivity contribution in [2.24, 2.45) is 5.73 Å². The van der Waals surface area contributed by atoms with E-state index in [-0.39, 0.29) is 18.1 Å². The van der Waals surface area contributed by atoms with E-state index in [1.807, 2.05) is 6.20 Å². The van der Waals surface area contributed by atoms with Crippen LogP contribution in [0.3, 0.4) is 0 Å². The molecule has 6 heteroatoms. The van der Waals surface area contributed by atoms with E-state index in [0.29, 0.717) is 13.1 Å². The van der Waals surface area contributed by atoms with Gasteiger partial charge >= 0.3 is 6.09 Å². The second kappa shape index (κ2) is 4.85. The first kappa shape index (κ1) is 12.5. The van der Waals surface area contributed by atoms with Crippen LogP contribution < -0.4 is 5.73 Å². The van der Waals surface area contributed by atoms with Crippen LogP contribution >= 0.6 is 0 Å². The van der Waals surface area contributed by atoms with Crippen molar-refractivity contribution < 1.29 is 9.53 Å². The Morgan fingerprint density at radius 2 is 2.37 bits per heavy atom. The molecule has 0 spiro atoms. The molecular weight excluding hydrogens is 244 g/mol. The third-order valence-electron chi connectivity index (χ3n) is 4.21. The van der Waals surface area contributed by atoms with Crippen LogP contribution in [0.5, 0.6) is 0 Å². The summed E-state index contributed by atoms with van der Waals surface area (Å²) in [6.07, 6.45) is 4.85. The fourth-order valence-corrected chi connectivity index (χ4v) is 3.20. The van der Waals surface area contributed by atoms with Crippen LogP contribution in [0.1, 0.15) is 30.3 Å². The van der Waals surface area contributed by atoms with Gasteiger partial charge in [-0.1, -0.05) is 0 Å². The van der Waals surface area contributed by atoms with Crippen LogP contribution in [-0.4, -0.2) is 46.8 Å². The summed E-state index contributed by atoms with van der Waals surface area (Å²) in [4.78, 5) is 17.7. The van der Waals surface area contributed by atoms with Gasteiger partial charge in [0.2, 0.25) is 0 Å². The Hall–Kier alpha value is -1.56. The molecule has 2 aliphatic heterocycles. The molecule has 1 amide bonds. The van der Waals surface area contributed by atoms with Crippen molar-refractivity contribution in [1.29, 1.82) is 0 Å². The largest absolute Gasteiger partial charge is 0.453 e. The Morgan fingerprint density at radius 3 is 3.11 bits per heavy atom. The quantitative estimate of drug-likeness (QED) is 0.811. The van der Waals surface area contributed by atoms with Gasteiger partial charge in [-0.25, -0.2) is 9.78 Å². The molecule has 2 N–H and O–H groups in total. The van der Waals surface area contributed by atoms with E-state index in [0.717, 1.165) is 25.2 Å². The molecule has 6 nitrogen and oxygen atoms in total. The van der Waals surface area contributed by atoms with Crippen LogP contribution in [0, 0.1) is 0 Å². The first-order valence-corrected chi connectivity index (χ1v) is 6.83. The first-order valence-electron chi connectivity index (χ1n) is 6.83. The maximum Gasteiger partial charge on any atom is 0.409 e. The molecule has 1 saturated heterocycles. The van der Waals surface area contributed by atoms with Crippen LogP contribution in [0.4, 0.5) is 4.79 Å². The smallest absolute Gasteiger partial charge is 0.409 e. The van der Waals surface area contributed by atoms with Crippen LogP contribution in [0.15, 0.2) is 6.20 Å². The first-order chi connectivity index (χ1) is 9.20. The number of methoxy groups -OCH3 is 1. The zero-order valence-corrected chi connectivity index (χ0v) is 11.2. The van der Waals surface area contributed by atoms with E-state index < -0.39 is 0 Å². The number of rotatable bonds is 1. The number of ether oxygens (including phenoxy) is 1. The maximum absolute atomic E-state index is 11.5. The molecular formula is C13H20N4O2.